The molecule has 1 amide bonds. The summed E-state index contributed by atoms with van der Waals surface area (Å²) in [5, 5.41) is 21.5. The molecular formula is C11H11F3N2O4S. The van der Waals surface area contributed by atoms with E-state index in [-0.39, 0.29) is 11.3 Å². The number of hydrogen-bond donors (Lipinski definition) is 2. The minimum Gasteiger partial charge on any atom is -0.382 e. The van der Waals surface area contributed by atoms with Crippen molar-refractivity contribution in [3.8, 4) is 0 Å². The van der Waals surface area contributed by atoms with Crippen LogP contribution < -0.4 is 5.32 Å². The van der Waals surface area contributed by atoms with E-state index in [2.05, 4.69) is 0 Å². The van der Waals surface area contributed by atoms with E-state index < -0.39 is 29.7 Å². The number of aliphatic hydroxyl groups excluding tert-OH is 1. The van der Waals surface area contributed by atoms with Crippen molar-refractivity contribution in [2.24, 2.45) is 0 Å². The quantitative estimate of drug-likeness (QED) is 0.491. The monoisotopic (exact) mass is 324 g/mol. The summed E-state index contributed by atoms with van der Waals surface area (Å²) in [6.07, 6.45) is -5.93. The van der Waals surface area contributed by atoms with Crippen LogP contribution in [-0.4, -0.2) is 41.0 Å². The van der Waals surface area contributed by atoms with Crippen LogP contribution >= 0.6 is 11.8 Å². The Morgan fingerprint density at radius 1 is 1.52 bits per heavy atom. The van der Waals surface area contributed by atoms with Crippen LogP contribution in [0.1, 0.15) is 10.4 Å². The molecule has 0 heterocycles. The average Bonchev–Trinajstić information content (AvgIpc) is 2.42. The van der Waals surface area contributed by atoms with Gasteiger partial charge in [-0.25, -0.2) is 0 Å². The molecule has 0 aliphatic heterocycles. The molecule has 0 bridgehead atoms. The third-order valence-corrected chi connectivity index (χ3v) is 3.26. The predicted molar refractivity (Wildman–Crippen MR) is 69.3 cm³/mol. The van der Waals surface area contributed by atoms with Crippen molar-refractivity contribution in [1.29, 1.82) is 0 Å². The number of halogens is 3. The van der Waals surface area contributed by atoms with Crippen molar-refractivity contribution in [3.63, 3.8) is 0 Å². The minimum atomic E-state index is -4.85. The summed E-state index contributed by atoms with van der Waals surface area (Å²) in [5.74, 6) is -0.936. The fourth-order valence-corrected chi connectivity index (χ4v) is 1.93. The van der Waals surface area contributed by atoms with Gasteiger partial charge in [0.05, 0.1) is 16.4 Å². The first-order chi connectivity index (χ1) is 9.66. The number of nitrogens with zero attached hydrogens (tertiary/aromatic N) is 1. The zero-order valence-corrected chi connectivity index (χ0v) is 11.5. The molecule has 1 aromatic rings. The Bertz CT molecular complexity index is 551. The van der Waals surface area contributed by atoms with Gasteiger partial charge in [-0.1, -0.05) is 0 Å². The second kappa shape index (κ2) is 6.76. The number of amides is 1. The maximum atomic E-state index is 12.1. The van der Waals surface area contributed by atoms with Gasteiger partial charge in [-0.3, -0.25) is 14.9 Å². The molecule has 1 rings (SSSR count). The van der Waals surface area contributed by atoms with Gasteiger partial charge in [0.2, 0.25) is 0 Å². The molecule has 0 aliphatic rings. The molecule has 10 heteroatoms. The lowest BCUT2D eigenvalue weighted by Crippen LogP contribution is -2.40. The standard InChI is InChI=1S/C11H11F3N2O4S/c1-21-8-3-2-6(4-7(8)16(19)20)10(18)15-5-9(17)11(12,13)14/h2-4,9,17H,5H2,1H3,(H,15,18). The molecule has 2 N–H and O–H groups in total. The van der Waals surface area contributed by atoms with Gasteiger partial charge in [-0.15, -0.1) is 11.8 Å². The lowest BCUT2D eigenvalue weighted by Gasteiger charge is -2.15. The number of rotatable bonds is 5. The second-order valence-corrected chi connectivity index (χ2v) is 4.76. The molecule has 1 aromatic carbocycles. The summed E-state index contributed by atoms with van der Waals surface area (Å²) in [6, 6.07) is 3.56. The Balaban J connectivity index is 2.84. The zero-order valence-electron chi connectivity index (χ0n) is 10.7. The summed E-state index contributed by atoms with van der Waals surface area (Å²) in [7, 11) is 0. The van der Waals surface area contributed by atoms with Gasteiger partial charge in [0.1, 0.15) is 0 Å². The van der Waals surface area contributed by atoms with Gasteiger partial charge in [0.25, 0.3) is 11.6 Å². The van der Waals surface area contributed by atoms with Crippen LogP contribution in [-0.2, 0) is 0 Å². The lowest BCUT2D eigenvalue weighted by molar-refractivity contribution is -0.387. The Kier molecular flexibility index (Phi) is 5.55. The smallest absolute Gasteiger partial charge is 0.382 e. The molecule has 0 spiro atoms. The van der Waals surface area contributed by atoms with Crippen LogP contribution in [0, 0.1) is 10.1 Å². The van der Waals surface area contributed by atoms with Crippen molar-refractivity contribution in [2.75, 3.05) is 12.8 Å². The third kappa shape index (κ3) is 4.60. The largest absolute Gasteiger partial charge is 0.416 e. The molecule has 0 aromatic heterocycles. The number of nitro groups is 1. The van der Waals surface area contributed by atoms with Gasteiger partial charge in [0, 0.05) is 11.6 Å². The fraction of sp³-hybridized carbons (Fsp3) is 0.364. The normalized spacial score (nSPS) is 12.8. The Labute approximate surface area is 121 Å². The Hall–Kier alpha value is -1.81. The van der Waals surface area contributed by atoms with Crippen molar-refractivity contribution in [1.82, 2.24) is 5.32 Å². The van der Waals surface area contributed by atoms with Gasteiger partial charge in [0.15, 0.2) is 6.10 Å². The molecule has 0 radical (unpaired) electrons. The van der Waals surface area contributed by atoms with Gasteiger partial charge >= 0.3 is 6.18 Å². The molecule has 0 fully saturated rings. The zero-order chi connectivity index (χ0) is 16.2. The molecule has 0 saturated heterocycles. The average molecular weight is 324 g/mol. The maximum Gasteiger partial charge on any atom is 0.416 e. The van der Waals surface area contributed by atoms with Crippen molar-refractivity contribution < 1.29 is 28.0 Å². The summed E-state index contributed by atoms with van der Waals surface area (Å²) < 4.78 is 36.2. The van der Waals surface area contributed by atoms with Crippen molar-refractivity contribution in [2.45, 2.75) is 17.2 Å². The summed E-state index contributed by atoms with van der Waals surface area (Å²) >= 11 is 1.10. The molecule has 1 unspecified atom stereocenters. The van der Waals surface area contributed by atoms with Crippen molar-refractivity contribution >= 4 is 23.4 Å². The Morgan fingerprint density at radius 3 is 2.62 bits per heavy atom. The minimum absolute atomic E-state index is 0.158. The molecule has 6 nitrogen and oxygen atoms in total. The second-order valence-electron chi connectivity index (χ2n) is 3.91. The van der Waals surface area contributed by atoms with E-state index in [1.54, 1.807) is 6.26 Å². The first-order valence-electron chi connectivity index (χ1n) is 5.52. The molecule has 0 saturated carbocycles. The number of aliphatic hydroxyl groups is 1. The van der Waals surface area contributed by atoms with Crippen LogP contribution in [0.3, 0.4) is 0 Å². The maximum absolute atomic E-state index is 12.1. The highest BCUT2D eigenvalue weighted by Crippen LogP contribution is 2.28. The predicted octanol–water partition coefficient (Wildman–Crippen LogP) is 1.97. The first kappa shape index (κ1) is 17.2. The van der Waals surface area contributed by atoms with Crippen LogP contribution in [0.4, 0.5) is 18.9 Å². The van der Waals surface area contributed by atoms with Crippen molar-refractivity contribution in [3.05, 3.63) is 33.9 Å². The molecule has 21 heavy (non-hydrogen) atoms. The van der Waals surface area contributed by atoms with Crippen LogP contribution in [0.5, 0.6) is 0 Å². The number of nitrogens with one attached hydrogen (secondary N) is 1. The highest BCUT2D eigenvalue weighted by Gasteiger charge is 2.38. The van der Waals surface area contributed by atoms with E-state index in [1.807, 2.05) is 5.32 Å². The van der Waals surface area contributed by atoms with E-state index in [4.69, 9.17) is 5.11 Å². The molecular weight excluding hydrogens is 313 g/mol. The van der Waals surface area contributed by atoms with Gasteiger partial charge in [-0.05, 0) is 18.4 Å². The highest BCUT2D eigenvalue weighted by atomic mass is 32.2. The van der Waals surface area contributed by atoms with E-state index in [1.165, 1.54) is 12.1 Å². The number of benzene rings is 1. The number of hydrogen-bond acceptors (Lipinski definition) is 5. The number of carbonyl (C=O) groups is 1. The van der Waals surface area contributed by atoms with Crippen LogP contribution in [0.25, 0.3) is 0 Å². The summed E-state index contributed by atoms with van der Waals surface area (Å²) in [4.78, 5) is 22.1. The van der Waals surface area contributed by atoms with Crippen LogP contribution in [0.2, 0.25) is 0 Å². The Morgan fingerprint density at radius 2 is 2.14 bits per heavy atom. The molecule has 1 atom stereocenters. The number of alkyl halides is 3. The number of carbonyl (C=O) groups excluding carboxylic acids is 1. The lowest BCUT2D eigenvalue weighted by atomic mass is 10.2. The number of thioether (sulfide) groups is 1. The third-order valence-electron chi connectivity index (χ3n) is 2.47. The summed E-state index contributed by atoms with van der Waals surface area (Å²) in [6.45, 7) is -1.03. The fourth-order valence-electron chi connectivity index (χ4n) is 1.38. The molecule has 116 valence electrons. The highest BCUT2D eigenvalue weighted by molar-refractivity contribution is 7.98. The van der Waals surface area contributed by atoms with Crippen LogP contribution in [0.15, 0.2) is 23.1 Å². The molecule has 0 aliphatic carbocycles. The SMILES string of the molecule is CSc1ccc(C(=O)NCC(O)C(F)(F)F)cc1[N+](=O)[O-]. The van der Waals surface area contributed by atoms with E-state index in [0.29, 0.717) is 4.90 Å². The topological polar surface area (TPSA) is 92.5 Å². The van der Waals surface area contributed by atoms with E-state index in [9.17, 15) is 28.1 Å². The summed E-state index contributed by atoms with van der Waals surface area (Å²) in [5.41, 5.74) is -0.472. The number of nitro benzene ring substituents is 1. The van der Waals surface area contributed by atoms with E-state index >= 15 is 0 Å². The first-order valence-corrected chi connectivity index (χ1v) is 6.74. The van der Waals surface area contributed by atoms with Gasteiger partial charge in [-0.2, -0.15) is 13.2 Å². The van der Waals surface area contributed by atoms with Gasteiger partial charge < -0.3 is 10.4 Å². The van der Waals surface area contributed by atoms with E-state index in [0.717, 1.165) is 17.8 Å².